The lowest BCUT2D eigenvalue weighted by molar-refractivity contribution is 0.652. The van der Waals surface area contributed by atoms with E-state index in [9.17, 15) is 4.39 Å². The molecule has 70 valence electrons. The van der Waals surface area contributed by atoms with Crippen molar-refractivity contribution < 1.29 is 4.39 Å². The van der Waals surface area contributed by atoms with Crippen molar-refractivity contribution in [1.29, 1.82) is 5.26 Å². The van der Waals surface area contributed by atoms with E-state index < -0.39 is 5.83 Å². The fraction of sp³-hybridized carbons (Fsp3) is 0.364. The van der Waals surface area contributed by atoms with Crippen LogP contribution in [0.1, 0.15) is 20.8 Å². The lowest BCUT2D eigenvalue weighted by Gasteiger charge is -2.05. The van der Waals surface area contributed by atoms with E-state index in [-0.39, 0.29) is 11.5 Å². The molecule has 2 heteroatoms. The summed E-state index contributed by atoms with van der Waals surface area (Å²) in [5.74, 6) is -0.299. The Morgan fingerprint density at radius 1 is 1.54 bits per heavy atom. The van der Waals surface area contributed by atoms with Crippen LogP contribution in [-0.2, 0) is 0 Å². The summed E-state index contributed by atoms with van der Waals surface area (Å²) < 4.78 is 13.1. The molecular weight excluding hydrogens is 165 g/mol. The smallest absolute Gasteiger partial charge is 0.140 e. The molecule has 0 N–H and O–H groups in total. The number of rotatable bonds is 3. The molecule has 0 aliphatic carbocycles. The lowest BCUT2D eigenvalue weighted by atomic mass is 10.0. The van der Waals surface area contributed by atoms with Crippen LogP contribution in [0.25, 0.3) is 0 Å². The van der Waals surface area contributed by atoms with Crippen LogP contribution >= 0.6 is 0 Å². The molecule has 1 nitrogen and oxygen atoms in total. The molecule has 0 radical (unpaired) electrons. The van der Waals surface area contributed by atoms with Gasteiger partial charge in [-0.15, -0.1) is 0 Å². The first-order chi connectivity index (χ1) is 6.02. The zero-order chi connectivity index (χ0) is 10.4. The molecule has 13 heavy (non-hydrogen) atoms. The fourth-order valence-corrected chi connectivity index (χ4v) is 0.870. The predicted molar refractivity (Wildman–Crippen MR) is 52.5 cm³/mol. The highest BCUT2D eigenvalue weighted by Crippen LogP contribution is 2.17. The summed E-state index contributed by atoms with van der Waals surface area (Å²) in [7, 11) is 0. The molecular formula is C11H14FN. The minimum Gasteiger partial charge on any atom is -0.206 e. The summed E-state index contributed by atoms with van der Waals surface area (Å²) in [5.41, 5.74) is 0.744. The van der Waals surface area contributed by atoms with E-state index in [1.165, 1.54) is 6.08 Å². The van der Waals surface area contributed by atoms with E-state index in [1.807, 2.05) is 26.8 Å². The van der Waals surface area contributed by atoms with Crippen molar-refractivity contribution in [2.75, 3.05) is 0 Å². The summed E-state index contributed by atoms with van der Waals surface area (Å²) in [6, 6.07) is 1.67. The average Bonchev–Trinajstić information content (AvgIpc) is 2.11. The SMILES string of the molecule is C=C(C#N)/C(F)=C\C(=C/C)C(C)C. The summed E-state index contributed by atoms with van der Waals surface area (Å²) in [5, 5.41) is 8.38. The van der Waals surface area contributed by atoms with Gasteiger partial charge in [0.05, 0.1) is 5.57 Å². The van der Waals surface area contributed by atoms with Gasteiger partial charge in [-0.05, 0) is 24.5 Å². The van der Waals surface area contributed by atoms with Gasteiger partial charge in [0.1, 0.15) is 11.9 Å². The zero-order valence-corrected chi connectivity index (χ0v) is 8.26. The molecule has 0 saturated carbocycles. The standard InChI is InChI=1S/C11H14FN/c1-5-10(8(2)3)6-11(12)9(4)7-13/h5-6,8H,4H2,1-3H3/b10-5+,11-6+. The zero-order valence-electron chi connectivity index (χ0n) is 8.26. The first-order valence-corrected chi connectivity index (χ1v) is 4.15. The topological polar surface area (TPSA) is 23.8 Å². The van der Waals surface area contributed by atoms with Crippen LogP contribution in [0.5, 0.6) is 0 Å². The Balaban J connectivity index is 4.75. The number of allylic oxidation sites excluding steroid dienone is 5. The van der Waals surface area contributed by atoms with E-state index in [0.29, 0.717) is 0 Å². The Labute approximate surface area is 78.9 Å². The summed E-state index contributed by atoms with van der Waals surface area (Å²) in [4.78, 5) is 0. The molecule has 0 unspecified atom stereocenters. The molecule has 0 heterocycles. The van der Waals surface area contributed by atoms with E-state index >= 15 is 0 Å². The molecule has 0 atom stereocenters. The Hall–Kier alpha value is -1.36. The van der Waals surface area contributed by atoms with Gasteiger partial charge < -0.3 is 0 Å². The van der Waals surface area contributed by atoms with Gasteiger partial charge in [-0.25, -0.2) is 4.39 Å². The number of hydrogen-bond donors (Lipinski definition) is 0. The Kier molecular flexibility index (Phi) is 4.76. The van der Waals surface area contributed by atoms with E-state index in [0.717, 1.165) is 5.57 Å². The van der Waals surface area contributed by atoms with Crippen molar-refractivity contribution in [3.63, 3.8) is 0 Å². The van der Waals surface area contributed by atoms with E-state index in [1.54, 1.807) is 6.07 Å². The molecule has 0 aliphatic rings. The highest BCUT2D eigenvalue weighted by Gasteiger charge is 2.04. The maximum absolute atomic E-state index is 13.1. The van der Waals surface area contributed by atoms with Gasteiger partial charge in [0.2, 0.25) is 0 Å². The largest absolute Gasteiger partial charge is 0.206 e. The van der Waals surface area contributed by atoms with Crippen molar-refractivity contribution in [3.8, 4) is 6.07 Å². The van der Waals surface area contributed by atoms with Crippen molar-refractivity contribution in [1.82, 2.24) is 0 Å². The molecule has 0 bridgehead atoms. The van der Waals surface area contributed by atoms with E-state index in [4.69, 9.17) is 5.26 Å². The molecule has 0 aromatic carbocycles. The second-order valence-electron chi connectivity index (χ2n) is 3.03. The number of nitrogens with zero attached hydrogens (tertiary/aromatic N) is 1. The predicted octanol–water partition coefficient (Wildman–Crippen LogP) is 3.52. The second kappa shape index (κ2) is 5.31. The van der Waals surface area contributed by atoms with Crippen molar-refractivity contribution in [2.45, 2.75) is 20.8 Å². The highest BCUT2D eigenvalue weighted by atomic mass is 19.1. The summed E-state index contributed by atoms with van der Waals surface area (Å²) >= 11 is 0. The minimum atomic E-state index is -0.552. The van der Waals surface area contributed by atoms with Gasteiger partial charge in [0.15, 0.2) is 0 Å². The van der Waals surface area contributed by atoms with Crippen LogP contribution < -0.4 is 0 Å². The molecule has 0 amide bonds. The van der Waals surface area contributed by atoms with Crippen LogP contribution in [0.3, 0.4) is 0 Å². The summed E-state index contributed by atoms with van der Waals surface area (Å²) in [6.45, 7) is 9.06. The molecule has 0 aromatic rings. The number of halogens is 1. The number of hydrogen-bond acceptors (Lipinski definition) is 1. The van der Waals surface area contributed by atoms with Crippen molar-refractivity contribution in [2.24, 2.45) is 5.92 Å². The van der Waals surface area contributed by atoms with Gasteiger partial charge >= 0.3 is 0 Å². The molecule has 0 aromatic heterocycles. The third-order valence-electron chi connectivity index (χ3n) is 1.72. The maximum atomic E-state index is 13.1. The Morgan fingerprint density at radius 3 is 2.38 bits per heavy atom. The third-order valence-corrected chi connectivity index (χ3v) is 1.72. The van der Waals surface area contributed by atoms with Crippen molar-refractivity contribution >= 4 is 0 Å². The van der Waals surface area contributed by atoms with Gasteiger partial charge in [0.25, 0.3) is 0 Å². The van der Waals surface area contributed by atoms with Crippen LogP contribution in [0, 0.1) is 17.2 Å². The summed E-state index contributed by atoms with van der Waals surface area (Å²) in [6.07, 6.45) is 3.19. The minimum absolute atomic E-state index is 0.125. The monoisotopic (exact) mass is 179 g/mol. The Bertz CT molecular complexity index is 290. The molecule has 0 aliphatic heterocycles. The normalized spacial score (nSPS) is 12.9. The van der Waals surface area contributed by atoms with Crippen molar-refractivity contribution in [3.05, 3.63) is 35.7 Å². The van der Waals surface area contributed by atoms with Crippen LogP contribution in [-0.4, -0.2) is 0 Å². The molecule has 0 saturated heterocycles. The maximum Gasteiger partial charge on any atom is 0.140 e. The molecule has 0 fully saturated rings. The molecule has 0 rings (SSSR count). The second-order valence-corrected chi connectivity index (χ2v) is 3.03. The van der Waals surface area contributed by atoms with Gasteiger partial charge in [0, 0.05) is 0 Å². The first-order valence-electron chi connectivity index (χ1n) is 4.15. The van der Waals surface area contributed by atoms with Crippen LogP contribution in [0.15, 0.2) is 35.7 Å². The first kappa shape index (κ1) is 11.6. The Morgan fingerprint density at radius 2 is 2.08 bits per heavy atom. The van der Waals surface area contributed by atoms with Gasteiger partial charge in [-0.2, -0.15) is 5.26 Å². The van der Waals surface area contributed by atoms with Crippen LogP contribution in [0.2, 0.25) is 0 Å². The highest BCUT2D eigenvalue weighted by molar-refractivity contribution is 5.39. The fourth-order valence-electron chi connectivity index (χ4n) is 0.870. The van der Waals surface area contributed by atoms with E-state index in [2.05, 4.69) is 6.58 Å². The third kappa shape index (κ3) is 3.71. The lowest BCUT2D eigenvalue weighted by Crippen LogP contribution is -1.91. The number of nitriles is 1. The van der Waals surface area contributed by atoms with Gasteiger partial charge in [-0.1, -0.05) is 26.5 Å². The van der Waals surface area contributed by atoms with Gasteiger partial charge in [-0.3, -0.25) is 0 Å². The van der Waals surface area contributed by atoms with Crippen LogP contribution in [0.4, 0.5) is 4.39 Å². The molecule has 0 spiro atoms. The quantitative estimate of drug-likeness (QED) is 0.480. The average molecular weight is 179 g/mol.